The zero-order valence-corrected chi connectivity index (χ0v) is 19.0. The molecule has 0 saturated carbocycles. The summed E-state index contributed by atoms with van der Waals surface area (Å²) in [6.07, 6.45) is 0.775. The van der Waals surface area contributed by atoms with Crippen molar-refractivity contribution >= 4 is 33.4 Å². The van der Waals surface area contributed by atoms with Gasteiger partial charge in [-0.1, -0.05) is 61.5 Å². The summed E-state index contributed by atoms with van der Waals surface area (Å²) in [5.41, 5.74) is 6.09. The van der Waals surface area contributed by atoms with Gasteiger partial charge in [0.2, 0.25) is 11.8 Å². The average molecular weight is 472 g/mol. The number of anilines is 1. The lowest BCUT2D eigenvalue weighted by molar-refractivity contribution is -0.123. The molecule has 4 aliphatic rings. The normalized spacial score (nSPS) is 27.8. The summed E-state index contributed by atoms with van der Waals surface area (Å²) in [7, 11) is 0. The van der Waals surface area contributed by atoms with Gasteiger partial charge in [0.15, 0.2) is 0 Å². The maximum atomic E-state index is 14.0. The molecule has 2 amide bonds. The average Bonchev–Trinajstić information content (AvgIpc) is 3.05. The van der Waals surface area contributed by atoms with E-state index in [4.69, 9.17) is 0 Å². The van der Waals surface area contributed by atoms with Gasteiger partial charge in [-0.25, -0.2) is 4.90 Å². The molecule has 1 saturated heterocycles. The van der Waals surface area contributed by atoms with Gasteiger partial charge in [-0.15, -0.1) is 0 Å². The molecule has 0 spiro atoms. The van der Waals surface area contributed by atoms with E-state index in [1.54, 1.807) is 0 Å². The topological polar surface area (TPSA) is 37.4 Å². The van der Waals surface area contributed by atoms with Gasteiger partial charge in [0.25, 0.3) is 0 Å². The monoisotopic (exact) mass is 471 g/mol. The molecule has 3 aromatic carbocycles. The fraction of sp³-hybridized carbons (Fsp3) is 0.259. The highest BCUT2D eigenvalue weighted by atomic mass is 79.9. The maximum Gasteiger partial charge on any atom is 0.239 e. The number of halogens is 1. The molecule has 7 rings (SSSR count). The minimum atomic E-state index is -0.481. The Bertz CT molecular complexity index is 1230. The first-order chi connectivity index (χ1) is 15.0. The number of hydrogen-bond donors (Lipinski definition) is 0. The third-order valence-corrected chi connectivity index (χ3v) is 8.33. The predicted molar refractivity (Wildman–Crippen MR) is 124 cm³/mol. The van der Waals surface area contributed by atoms with Crippen LogP contribution in [0, 0.1) is 18.8 Å². The molecule has 2 atom stereocenters. The minimum Gasteiger partial charge on any atom is -0.274 e. The number of aryl methyl sites for hydroxylation is 1. The number of carbonyl (C=O) groups excluding carboxylic acids is 2. The minimum absolute atomic E-state index is 0.0737. The van der Waals surface area contributed by atoms with Crippen molar-refractivity contribution in [3.63, 3.8) is 0 Å². The maximum absolute atomic E-state index is 14.0. The second-order valence-corrected chi connectivity index (χ2v) is 9.80. The van der Waals surface area contributed by atoms with Crippen LogP contribution in [0.15, 0.2) is 71.2 Å². The number of rotatable bonds is 2. The molecule has 3 aliphatic carbocycles. The third kappa shape index (κ3) is 2.19. The van der Waals surface area contributed by atoms with Gasteiger partial charge in [0.1, 0.15) is 0 Å². The zero-order valence-electron chi connectivity index (χ0n) is 17.4. The molecule has 3 nitrogen and oxygen atoms in total. The first kappa shape index (κ1) is 19.0. The van der Waals surface area contributed by atoms with Crippen LogP contribution in [-0.4, -0.2) is 11.8 Å². The van der Waals surface area contributed by atoms with Gasteiger partial charge in [-0.3, -0.25) is 9.59 Å². The van der Waals surface area contributed by atoms with Crippen molar-refractivity contribution in [2.45, 2.75) is 31.6 Å². The SMILES string of the molecule is CCC12c3ccccc3C(c3ccccc31)[C@H]1C(=O)N(c3ccc(C)cc3Br)C(=O)[C@H]12. The summed E-state index contributed by atoms with van der Waals surface area (Å²) in [6.45, 7) is 4.15. The molecule has 31 heavy (non-hydrogen) atoms. The molecule has 1 aliphatic heterocycles. The Hall–Kier alpha value is -2.72. The first-order valence-corrected chi connectivity index (χ1v) is 11.6. The lowest BCUT2D eigenvalue weighted by Crippen LogP contribution is -2.53. The van der Waals surface area contributed by atoms with Crippen molar-refractivity contribution in [2.75, 3.05) is 4.90 Å². The number of amides is 2. The summed E-state index contributed by atoms with van der Waals surface area (Å²) in [6, 6.07) is 22.7. The second kappa shape index (κ2) is 6.39. The fourth-order valence-electron chi connectivity index (χ4n) is 6.56. The van der Waals surface area contributed by atoms with Crippen molar-refractivity contribution in [3.8, 4) is 0 Å². The van der Waals surface area contributed by atoms with Crippen molar-refractivity contribution in [1.82, 2.24) is 0 Å². The highest BCUT2D eigenvalue weighted by Gasteiger charge is 2.67. The lowest BCUT2D eigenvalue weighted by atomic mass is 9.46. The van der Waals surface area contributed by atoms with Crippen molar-refractivity contribution < 1.29 is 9.59 Å². The van der Waals surface area contributed by atoms with Crippen LogP contribution < -0.4 is 4.90 Å². The van der Waals surface area contributed by atoms with E-state index in [-0.39, 0.29) is 29.6 Å². The fourth-order valence-corrected chi connectivity index (χ4v) is 7.23. The van der Waals surface area contributed by atoms with Crippen LogP contribution in [0.3, 0.4) is 0 Å². The van der Waals surface area contributed by atoms with E-state index in [2.05, 4.69) is 71.4 Å². The molecule has 4 heteroatoms. The molecule has 0 unspecified atom stereocenters. The van der Waals surface area contributed by atoms with Crippen LogP contribution in [0.5, 0.6) is 0 Å². The first-order valence-electron chi connectivity index (χ1n) is 10.8. The molecule has 2 bridgehead atoms. The molecular weight excluding hydrogens is 450 g/mol. The lowest BCUT2D eigenvalue weighted by Gasteiger charge is -2.54. The molecule has 3 aromatic rings. The molecule has 154 valence electrons. The van der Waals surface area contributed by atoms with Gasteiger partial charge in [0, 0.05) is 15.8 Å². The molecule has 0 radical (unpaired) electrons. The predicted octanol–water partition coefficient (Wildman–Crippen LogP) is 5.72. The van der Waals surface area contributed by atoms with E-state index in [0.29, 0.717) is 5.69 Å². The van der Waals surface area contributed by atoms with Crippen molar-refractivity contribution in [3.05, 3.63) is 99.0 Å². The highest BCUT2D eigenvalue weighted by Crippen LogP contribution is 2.65. The van der Waals surface area contributed by atoms with Crippen LogP contribution in [0.4, 0.5) is 5.69 Å². The highest BCUT2D eigenvalue weighted by molar-refractivity contribution is 9.10. The molecule has 0 N–H and O–H groups in total. The summed E-state index contributed by atoms with van der Waals surface area (Å²) in [5.74, 6) is -0.989. The van der Waals surface area contributed by atoms with Gasteiger partial charge in [0.05, 0.1) is 17.5 Å². The molecule has 0 aromatic heterocycles. The van der Waals surface area contributed by atoms with Crippen LogP contribution in [0.2, 0.25) is 0 Å². The number of hydrogen-bond acceptors (Lipinski definition) is 2. The van der Waals surface area contributed by atoms with Gasteiger partial charge < -0.3 is 0 Å². The Balaban J connectivity index is 1.64. The Morgan fingerprint density at radius 2 is 1.52 bits per heavy atom. The standard InChI is InChI=1S/C27H22BrNO2/c1-3-27-18-10-6-4-8-16(18)22(17-9-5-7-11-19(17)27)23-24(27)26(31)29(25(23)30)21-13-12-15(2)14-20(21)28/h4-14,22-24H,3H2,1-2H3/t22?,23-,24+,27?/m1/s1. The molecule has 1 fully saturated rings. The van der Waals surface area contributed by atoms with Crippen LogP contribution in [0.1, 0.15) is 47.1 Å². The van der Waals surface area contributed by atoms with E-state index in [0.717, 1.165) is 16.5 Å². The third-order valence-electron chi connectivity index (χ3n) is 7.70. The smallest absolute Gasteiger partial charge is 0.239 e. The van der Waals surface area contributed by atoms with Crippen LogP contribution >= 0.6 is 15.9 Å². The van der Waals surface area contributed by atoms with E-state index >= 15 is 0 Å². The van der Waals surface area contributed by atoms with E-state index in [1.165, 1.54) is 27.2 Å². The largest absolute Gasteiger partial charge is 0.274 e. The Kier molecular flexibility index (Phi) is 3.92. The zero-order chi connectivity index (χ0) is 21.5. The second-order valence-electron chi connectivity index (χ2n) is 8.95. The Morgan fingerprint density at radius 1 is 0.903 bits per heavy atom. The molecule has 1 heterocycles. The van der Waals surface area contributed by atoms with Gasteiger partial charge in [-0.05, 0) is 69.2 Å². The van der Waals surface area contributed by atoms with E-state index in [9.17, 15) is 9.59 Å². The number of imide groups is 1. The Labute approximate surface area is 190 Å². The van der Waals surface area contributed by atoms with Crippen LogP contribution in [-0.2, 0) is 15.0 Å². The molecular formula is C27H22BrNO2. The number of nitrogens with zero attached hydrogens (tertiary/aromatic N) is 1. The summed E-state index contributed by atoms with van der Waals surface area (Å²) in [5, 5.41) is 0. The quantitative estimate of drug-likeness (QED) is 0.448. The van der Waals surface area contributed by atoms with Gasteiger partial charge >= 0.3 is 0 Å². The van der Waals surface area contributed by atoms with Crippen molar-refractivity contribution in [1.29, 1.82) is 0 Å². The van der Waals surface area contributed by atoms with E-state index < -0.39 is 5.41 Å². The van der Waals surface area contributed by atoms with Crippen LogP contribution in [0.25, 0.3) is 0 Å². The number of carbonyl (C=O) groups is 2. The van der Waals surface area contributed by atoms with Crippen molar-refractivity contribution in [2.24, 2.45) is 11.8 Å². The summed E-state index contributed by atoms with van der Waals surface area (Å²) < 4.78 is 0.778. The van der Waals surface area contributed by atoms with Gasteiger partial charge in [-0.2, -0.15) is 0 Å². The van der Waals surface area contributed by atoms with E-state index in [1.807, 2.05) is 25.1 Å². The summed E-state index contributed by atoms with van der Waals surface area (Å²) in [4.78, 5) is 29.4. The number of benzene rings is 3. The Morgan fingerprint density at radius 3 is 2.10 bits per heavy atom. The summed E-state index contributed by atoms with van der Waals surface area (Å²) >= 11 is 3.60.